The van der Waals surface area contributed by atoms with Crippen LogP contribution in [0, 0.1) is 29.9 Å². The Balaban J connectivity index is 1.17. The Morgan fingerprint density at radius 1 is 1.15 bits per heavy atom. The van der Waals surface area contributed by atoms with E-state index < -0.39 is 11.6 Å². The lowest BCUT2D eigenvalue weighted by atomic mass is 9.93. The maximum Gasteiger partial charge on any atom is 0.319 e. The summed E-state index contributed by atoms with van der Waals surface area (Å²) in [5, 5.41) is 5.31. The molecule has 46 heavy (non-hydrogen) atoms. The third kappa shape index (κ3) is 3.70. The number of piperidine rings is 1. The Morgan fingerprint density at radius 3 is 2.96 bits per heavy atom. The minimum Gasteiger partial charge on any atom is -0.472 e. The van der Waals surface area contributed by atoms with Crippen LogP contribution in [0.15, 0.2) is 30.3 Å². The summed E-state index contributed by atoms with van der Waals surface area (Å²) in [7, 11) is 0. The molecule has 234 valence electrons. The highest BCUT2D eigenvalue weighted by atomic mass is 19.1. The zero-order chi connectivity index (χ0) is 30.9. The number of aromatic nitrogens is 3. The number of hydrogen-bond acceptors (Lipinski definition) is 8. The van der Waals surface area contributed by atoms with E-state index in [1.165, 1.54) is 12.5 Å². The van der Waals surface area contributed by atoms with Crippen molar-refractivity contribution in [3.05, 3.63) is 47.5 Å². The molecule has 1 N–H and O–H groups in total. The van der Waals surface area contributed by atoms with Crippen molar-refractivity contribution in [2.45, 2.75) is 81.3 Å². The predicted molar refractivity (Wildman–Crippen MR) is 170 cm³/mol. The molecule has 1 aliphatic carbocycles. The Kier molecular flexibility index (Phi) is 5.59. The quantitative estimate of drug-likeness (QED) is 0.312. The molecule has 2 aromatic carbocycles. The summed E-state index contributed by atoms with van der Waals surface area (Å²) in [5.41, 5.74) is 0.544. The highest BCUT2D eigenvalue weighted by molar-refractivity contribution is 6.03. The lowest BCUT2D eigenvalue weighted by Crippen LogP contribution is -2.62. The van der Waals surface area contributed by atoms with Gasteiger partial charge in [-0.25, -0.2) is 13.8 Å². The first-order chi connectivity index (χ1) is 22.4. The van der Waals surface area contributed by atoms with E-state index in [0.29, 0.717) is 46.2 Å². The zero-order valence-corrected chi connectivity index (χ0v) is 25.6. The lowest BCUT2D eigenvalue weighted by Gasteiger charge is -2.42. The Bertz CT molecular complexity index is 2010. The lowest BCUT2D eigenvalue weighted by molar-refractivity contribution is 0.0866. The van der Waals surface area contributed by atoms with E-state index in [-0.39, 0.29) is 52.4 Å². The van der Waals surface area contributed by atoms with Gasteiger partial charge in [0.15, 0.2) is 5.82 Å². The number of rotatable bonds is 4. The molecular weight excluding hydrogens is 586 g/mol. The second kappa shape index (κ2) is 9.49. The van der Waals surface area contributed by atoms with Crippen LogP contribution in [0.3, 0.4) is 0 Å². The van der Waals surface area contributed by atoms with Crippen molar-refractivity contribution in [2.24, 2.45) is 5.92 Å². The summed E-state index contributed by atoms with van der Waals surface area (Å²) < 4.78 is 45.2. The fourth-order valence-electron chi connectivity index (χ4n) is 9.66. The second-order valence-corrected chi connectivity index (χ2v) is 14.2. The van der Waals surface area contributed by atoms with E-state index in [1.807, 2.05) is 13.0 Å². The number of benzene rings is 2. The van der Waals surface area contributed by atoms with Gasteiger partial charge in [-0.3, -0.25) is 4.90 Å². The van der Waals surface area contributed by atoms with Crippen LogP contribution in [0.4, 0.5) is 14.6 Å². The fraction of sp³-hybridized carbons (Fsp3) is 0.472. The van der Waals surface area contributed by atoms with Gasteiger partial charge in [-0.05, 0) is 69.4 Å². The van der Waals surface area contributed by atoms with Crippen LogP contribution in [0.2, 0.25) is 0 Å². The van der Waals surface area contributed by atoms with Crippen molar-refractivity contribution in [1.29, 1.82) is 0 Å². The van der Waals surface area contributed by atoms with Crippen LogP contribution in [0.5, 0.6) is 11.9 Å². The van der Waals surface area contributed by atoms with Gasteiger partial charge in [0.2, 0.25) is 5.88 Å². The number of pyridine rings is 1. The average Bonchev–Trinajstić information content (AvgIpc) is 3.38. The molecule has 7 heterocycles. The normalized spacial score (nSPS) is 32.1. The standard InChI is InChI=1S/C36H34F2N6O2/c1-3-22-24(37)10-8-19-6-4-7-23(27(19)22)30-29(38)31-28-33(43-16-21-9-11-25(39-21)32(43)18(2)46-34(28)40-30)42-35(41-31)45-17-36-12-5-13-44(36)26-14-20(26)15-36/h1,4,6-8,10,18,20-21,25-26,32,39H,5,9,11-17H2,2H3/t18?,20-,21?,25?,26-,32?,36?/m1/s1. The highest BCUT2D eigenvalue weighted by Gasteiger charge is 2.61. The van der Waals surface area contributed by atoms with Gasteiger partial charge < -0.3 is 19.7 Å². The van der Waals surface area contributed by atoms with Gasteiger partial charge in [0.05, 0.1) is 17.1 Å². The summed E-state index contributed by atoms with van der Waals surface area (Å²) in [4.78, 5) is 19.5. The molecule has 10 heteroatoms. The SMILES string of the molecule is C#Cc1c(F)ccc2cccc(-c3nc4c5c(nc(OCC67CCCN6[C@@H]6C[C@@H]6C7)nc5c3F)N3CC5CCC(N5)C3C(C)O4)c12. The number of ether oxygens (including phenoxy) is 2. The summed E-state index contributed by atoms with van der Waals surface area (Å²) >= 11 is 0. The molecule has 4 aromatic rings. The molecule has 2 aromatic heterocycles. The third-order valence-electron chi connectivity index (χ3n) is 11.7. The van der Waals surface area contributed by atoms with E-state index in [1.54, 1.807) is 18.2 Å². The first-order valence-electron chi connectivity index (χ1n) is 16.6. The van der Waals surface area contributed by atoms with Crippen molar-refractivity contribution in [1.82, 2.24) is 25.2 Å². The molecule has 1 saturated carbocycles. The summed E-state index contributed by atoms with van der Waals surface area (Å²) in [6, 6.07) is 9.66. The van der Waals surface area contributed by atoms with Gasteiger partial charge in [-0.15, -0.1) is 6.42 Å². The average molecular weight is 621 g/mol. The van der Waals surface area contributed by atoms with E-state index in [9.17, 15) is 4.39 Å². The smallest absolute Gasteiger partial charge is 0.319 e. The number of piperazine rings is 1. The van der Waals surface area contributed by atoms with Gasteiger partial charge in [0.1, 0.15) is 40.9 Å². The van der Waals surface area contributed by atoms with E-state index in [4.69, 9.17) is 30.8 Å². The first kappa shape index (κ1) is 27.1. The largest absolute Gasteiger partial charge is 0.472 e. The second-order valence-electron chi connectivity index (χ2n) is 14.2. The van der Waals surface area contributed by atoms with Gasteiger partial charge in [0, 0.05) is 35.6 Å². The maximum absolute atomic E-state index is 17.1. The predicted octanol–water partition coefficient (Wildman–Crippen LogP) is 5.20. The first-order valence-corrected chi connectivity index (χ1v) is 16.6. The molecule has 10 rings (SSSR count). The molecule has 4 saturated heterocycles. The molecular formula is C36H34F2N6O2. The third-order valence-corrected chi connectivity index (χ3v) is 11.7. The number of halogens is 2. The molecule has 7 atom stereocenters. The highest BCUT2D eigenvalue weighted by Crippen LogP contribution is 2.57. The van der Waals surface area contributed by atoms with Crippen LogP contribution < -0.4 is 19.7 Å². The van der Waals surface area contributed by atoms with Crippen molar-refractivity contribution >= 4 is 27.5 Å². The van der Waals surface area contributed by atoms with Crippen LogP contribution >= 0.6 is 0 Å². The molecule has 6 aliphatic rings. The minimum atomic E-state index is -0.637. The summed E-state index contributed by atoms with van der Waals surface area (Å²) in [5.74, 6) is 2.92. The number of fused-ring (bicyclic) bond motifs is 9. The monoisotopic (exact) mass is 620 g/mol. The number of nitrogens with one attached hydrogen (secondary N) is 1. The fourth-order valence-corrected chi connectivity index (χ4v) is 9.66. The molecule has 5 fully saturated rings. The molecule has 0 radical (unpaired) electrons. The summed E-state index contributed by atoms with van der Waals surface area (Å²) in [6.45, 7) is 4.34. The Labute approximate surface area is 265 Å². The maximum atomic E-state index is 17.1. The summed E-state index contributed by atoms with van der Waals surface area (Å²) in [6.07, 6.45) is 12.3. The molecule has 2 bridgehead atoms. The van der Waals surface area contributed by atoms with Crippen LogP contribution in [-0.2, 0) is 0 Å². The number of anilines is 1. The van der Waals surface area contributed by atoms with Gasteiger partial charge >= 0.3 is 6.01 Å². The van der Waals surface area contributed by atoms with Gasteiger partial charge in [0.25, 0.3) is 0 Å². The van der Waals surface area contributed by atoms with Crippen LogP contribution in [-0.4, -0.2) is 75.4 Å². The topological polar surface area (TPSA) is 75.6 Å². The van der Waals surface area contributed by atoms with Gasteiger partial charge in [-0.1, -0.05) is 30.2 Å². The number of hydrogen-bond donors (Lipinski definition) is 1. The molecule has 8 nitrogen and oxygen atoms in total. The molecule has 5 unspecified atom stereocenters. The van der Waals surface area contributed by atoms with Crippen molar-refractivity contribution in [3.8, 4) is 35.5 Å². The van der Waals surface area contributed by atoms with Crippen molar-refractivity contribution in [2.75, 3.05) is 24.6 Å². The number of terminal acetylenes is 1. The van der Waals surface area contributed by atoms with Crippen LogP contribution in [0.25, 0.3) is 32.9 Å². The molecule has 0 amide bonds. The molecule has 0 spiro atoms. The van der Waals surface area contributed by atoms with E-state index >= 15 is 4.39 Å². The van der Waals surface area contributed by atoms with E-state index in [2.05, 4.69) is 21.0 Å². The van der Waals surface area contributed by atoms with E-state index in [0.717, 1.165) is 51.1 Å². The van der Waals surface area contributed by atoms with Crippen molar-refractivity contribution < 1.29 is 18.3 Å². The van der Waals surface area contributed by atoms with Gasteiger partial charge in [-0.2, -0.15) is 9.97 Å². The Hall–Kier alpha value is -4.07. The minimum absolute atomic E-state index is 0.0000934. The Morgan fingerprint density at radius 2 is 2.07 bits per heavy atom. The van der Waals surface area contributed by atoms with Crippen molar-refractivity contribution in [3.63, 3.8) is 0 Å². The number of nitrogens with zero attached hydrogens (tertiary/aromatic N) is 5. The zero-order valence-electron chi connectivity index (χ0n) is 25.6. The van der Waals surface area contributed by atoms with Crippen LogP contribution in [0.1, 0.15) is 51.0 Å². The molecule has 5 aliphatic heterocycles.